The van der Waals surface area contributed by atoms with Crippen molar-refractivity contribution < 1.29 is 13.2 Å². The van der Waals surface area contributed by atoms with E-state index in [9.17, 15) is 13.2 Å². The molecule has 106 valence electrons. The Morgan fingerprint density at radius 2 is 2.05 bits per heavy atom. The van der Waals surface area contributed by atoms with Crippen LogP contribution in [0.1, 0.15) is 24.5 Å². The average molecular weight is 275 g/mol. The lowest BCUT2D eigenvalue weighted by Crippen LogP contribution is -2.55. The van der Waals surface area contributed by atoms with Gasteiger partial charge >= 0.3 is 6.18 Å². The molecular weight excluding hydrogens is 259 g/mol. The summed E-state index contributed by atoms with van der Waals surface area (Å²) >= 11 is 0. The second-order valence-electron chi connectivity index (χ2n) is 5.23. The fourth-order valence-corrected chi connectivity index (χ4v) is 2.93. The highest BCUT2D eigenvalue weighted by molar-refractivity contribution is 4.96. The first kappa shape index (κ1) is 12.9. The molecule has 0 radical (unpaired) electrons. The van der Waals surface area contributed by atoms with E-state index in [2.05, 4.69) is 25.4 Å². The molecule has 1 aromatic heterocycles. The first-order valence-electron chi connectivity index (χ1n) is 6.46. The maximum absolute atomic E-state index is 12.3. The van der Waals surface area contributed by atoms with Gasteiger partial charge in [-0.25, -0.2) is 4.98 Å². The molecule has 8 heteroatoms. The molecule has 3 aliphatic heterocycles. The normalized spacial score (nSPS) is 30.8. The van der Waals surface area contributed by atoms with Crippen LogP contribution in [0.3, 0.4) is 0 Å². The molecular formula is C11H16F3N5. The van der Waals surface area contributed by atoms with E-state index < -0.39 is 12.0 Å². The van der Waals surface area contributed by atoms with Crippen LogP contribution in [0.25, 0.3) is 0 Å². The lowest BCUT2D eigenvalue weighted by Gasteiger charge is -2.45. The zero-order chi connectivity index (χ0) is 13.5. The lowest BCUT2D eigenvalue weighted by atomic mass is 9.84. The highest BCUT2D eigenvalue weighted by Crippen LogP contribution is 2.28. The van der Waals surface area contributed by atoms with Crippen LogP contribution in [0.15, 0.2) is 0 Å². The minimum absolute atomic E-state index is 0.240. The number of nitrogens with one attached hydrogen (secondary N) is 2. The van der Waals surface area contributed by atoms with E-state index in [0.29, 0.717) is 18.5 Å². The fourth-order valence-electron chi connectivity index (χ4n) is 2.93. The van der Waals surface area contributed by atoms with E-state index in [0.717, 1.165) is 19.6 Å². The molecule has 3 saturated heterocycles. The third-order valence-electron chi connectivity index (χ3n) is 3.97. The molecule has 0 aromatic carbocycles. The molecule has 5 nitrogen and oxygen atoms in total. The summed E-state index contributed by atoms with van der Waals surface area (Å²) in [5.74, 6) is -0.225. The number of H-pyrrole nitrogens is 1. The summed E-state index contributed by atoms with van der Waals surface area (Å²) in [5, 5.41) is 8.82. The van der Waals surface area contributed by atoms with Gasteiger partial charge in [0.15, 0.2) is 0 Å². The van der Waals surface area contributed by atoms with Crippen LogP contribution in [0.5, 0.6) is 0 Å². The number of nitrogens with zero attached hydrogens (tertiary/aromatic N) is 3. The van der Waals surface area contributed by atoms with Crippen molar-refractivity contribution in [2.24, 2.45) is 5.92 Å². The van der Waals surface area contributed by atoms with Crippen LogP contribution >= 0.6 is 0 Å². The second-order valence-corrected chi connectivity index (χ2v) is 5.23. The summed E-state index contributed by atoms with van der Waals surface area (Å²) in [7, 11) is 0. The van der Waals surface area contributed by atoms with Gasteiger partial charge in [0.1, 0.15) is 5.82 Å². The molecule has 1 atom stereocenters. The fraction of sp³-hybridized carbons (Fsp3) is 0.818. The maximum Gasteiger partial charge on any atom is 0.453 e. The molecule has 0 aliphatic carbocycles. The van der Waals surface area contributed by atoms with Crippen molar-refractivity contribution in [1.29, 1.82) is 0 Å². The first-order valence-corrected chi connectivity index (χ1v) is 6.46. The Labute approximate surface area is 108 Å². The molecule has 2 bridgehead atoms. The van der Waals surface area contributed by atoms with Gasteiger partial charge in [-0.2, -0.15) is 13.2 Å². The standard InChI is InChI=1S/C11H16F3N5/c12-11(13,14)10-16-9(17-18-10)5-15-8-6-19-3-1-7(8)2-4-19/h7-8,15H,1-6H2,(H,16,17,18)/t8-/m0/s1. The highest BCUT2D eigenvalue weighted by atomic mass is 19.4. The number of aromatic amines is 1. The van der Waals surface area contributed by atoms with Crippen molar-refractivity contribution in [3.05, 3.63) is 11.6 Å². The Morgan fingerprint density at radius 3 is 2.58 bits per heavy atom. The third-order valence-corrected chi connectivity index (χ3v) is 3.97. The summed E-state index contributed by atoms with van der Waals surface area (Å²) in [6.07, 6.45) is -2.14. The summed E-state index contributed by atoms with van der Waals surface area (Å²) < 4.78 is 37.0. The number of hydrogen-bond donors (Lipinski definition) is 2. The van der Waals surface area contributed by atoms with Gasteiger partial charge in [-0.05, 0) is 31.8 Å². The number of hydrogen-bond acceptors (Lipinski definition) is 4. The highest BCUT2D eigenvalue weighted by Gasteiger charge is 2.36. The Balaban J connectivity index is 1.56. The van der Waals surface area contributed by atoms with Crippen LogP contribution < -0.4 is 5.32 Å². The molecule has 0 amide bonds. The van der Waals surface area contributed by atoms with Crippen molar-refractivity contribution in [2.75, 3.05) is 19.6 Å². The van der Waals surface area contributed by atoms with Crippen LogP contribution in [0.2, 0.25) is 0 Å². The predicted molar refractivity (Wildman–Crippen MR) is 61.2 cm³/mol. The molecule has 1 aromatic rings. The average Bonchev–Trinajstić information content (AvgIpc) is 2.86. The molecule has 3 fully saturated rings. The molecule has 0 saturated carbocycles. The summed E-state index contributed by atoms with van der Waals surface area (Å²) in [5.41, 5.74) is 0. The van der Waals surface area contributed by atoms with E-state index in [4.69, 9.17) is 0 Å². The molecule has 4 rings (SSSR count). The van der Waals surface area contributed by atoms with Crippen LogP contribution in [-0.4, -0.2) is 45.8 Å². The van der Waals surface area contributed by atoms with Gasteiger partial charge in [0.2, 0.25) is 0 Å². The summed E-state index contributed by atoms with van der Waals surface area (Å²) in [6.45, 7) is 3.57. The Kier molecular flexibility index (Phi) is 3.22. The van der Waals surface area contributed by atoms with Crippen molar-refractivity contribution in [3.63, 3.8) is 0 Å². The van der Waals surface area contributed by atoms with Gasteiger partial charge in [-0.3, -0.25) is 5.10 Å². The van der Waals surface area contributed by atoms with E-state index >= 15 is 0 Å². The van der Waals surface area contributed by atoms with E-state index in [-0.39, 0.29) is 5.82 Å². The number of rotatable bonds is 3. The van der Waals surface area contributed by atoms with Crippen LogP contribution in [-0.2, 0) is 12.7 Å². The topological polar surface area (TPSA) is 56.8 Å². The minimum Gasteiger partial charge on any atom is -0.305 e. The van der Waals surface area contributed by atoms with Gasteiger partial charge in [-0.1, -0.05) is 0 Å². The quantitative estimate of drug-likeness (QED) is 0.864. The second kappa shape index (κ2) is 4.75. The smallest absolute Gasteiger partial charge is 0.305 e. The summed E-state index contributed by atoms with van der Waals surface area (Å²) in [4.78, 5) is 5.85. The van der Waals surface area contributed by atoms with Gasteiger partial charge in [0.25, 0.3) is 5.82 Å². The number of halogens is 3. The lowest BCUT2D eigenvalue weighted by molar-refractivity contribution is -0.144. The molecule has 4 heterocycles. The van der Waals surface area contributed by atoms with Crippen LogP contribution in [0, 0.1) is 5.92 Å². The maximum atomic E-state index is 12.3. The first-order chi connectivity index (χ1) is 9.02. The zero-order valence-corrected chi connectivity index (χ0v) is 10.4. The Morgan fingerprint density at radius 1 is 1.32 bits per heavy atom. The van der Waals surface area contributed by atoms with E-state index in [1.165, 1.54) is 12.8 Å². The van der Waals surface area contributed by atoms with Gasteiger partial charge in [0, 0.05) is 12.6 Å². The predicted octanol–water partition coefficient (Wildman–Crippen LogP) is 1.01. The monoisotopic (exact) mass is 275 g/mol. The zero-order valence-electron chi connectivity index (χ0n) is 10.4. The SMILES string of the molecule is FC(F)(F)c1n[nH]c(CN[C@H]2CN3CCC2CC3)n1. The van der Waals surface area contributed by atoms with Crippen molar-refractivity contribution in [1.82, 2.24) is 25.4 Å². The Hall–Kier alpha value is -1.15. The molecule has 19 heavy (non-hydrogen) atoms. The molecule has 2 N–H and O–H groups in total. The molecule has 0 unspecified atom stereocenters. The number of piperidine rings is 3. The molecule has 3 aliphatic rings. The van der Waals surface area contributed by atoms with E-state index in [1.807, 2.05) is 0 Å². The number of fused-ring (bicyclic) bond motifs is 3. The van der Waals surface area contributed by atoms with Crippen LogP contribution in [0.4, 0.5) is 13.2 Å². The van der Waals surface area contributed by atoms with E-state index in [1.54, 1.807) is 0 Å². The minimum atomic E-state index is -4.48. The summed E-state index contributed by atoms with van der Waals surface area (Å²) in [6, 6.07) is 0.349. The van der Waals surface area contributed by atoms with Gasteiger partial charge in [-0.15, -0.1) is 5.10 Å². The Bertz CT molecular complexity index is 436. The van der Waals surface area contributed by atoms with Gasteiger partial charge in [0.05, 0.1) is 6.54 Å². The van der Waals surface area contributed by atoms with Crippen molar-refractivity contribution in [3.8, 4) is 0 Å². The van der Waals surface area contributed by atoms with Crippen molar-refractivity contribution >= 4 is 0 Å². The number of aromatic nitrogens is 3. The van der Waals surface area contributed by atoms with Gasteiger partial charge < -0.3 is 10.2 Å². The number of alkyl halides is 3. The van der Waals surface area contributed by atoms with Crippen molar-refractivity contribution in [2.45, 2.75) is 31.6 Å². The largest absolute Gasteiger partial charge is 0.453 e. The molecule has 0 spiro atoms. The third kappa shape index (κ3) is 2.74.